The molecule has 0 saturated heterocycles. The molecule has 3 aromatic rings. The molecule has 0 saturated carbocycles. The molecule has 0 spiro atoms. The molecule has 1 N–H and O–H groups in total. The minimum Gasteiger partial charge on any atom is -0.345 e. The number of pyridine rings is 1. The number of aryl methyl sites for hydroxylation is 3. The van der Waals surface area contributed by atoms with Crippen molar-refractivity contribution in [3.05, 3.63) is 52.2 Å². The van der Waals surface area contributed by atoms with Crippen LogP contribution in [0.3, 0.4) is 0 Å². The predicted octanol–water partition coefficient (Wildman–Crippen LogP) is 4.15. The number of hydrogen-bond acceptors (Lipinski definition) is 4. The van der Waals surface area contributed by atoms with Gasteiger partial charge < -0.3 is 5.32 Å². The number of rotatable bonds is 4. The lowest BCUT2D eigenvalue weighted by Gasteiger charge is -2.05. The highest BCUT2D eigenvalue weighted by molar-refractivity contribution is 6.33. The molecular formula is C19H22ClF3N6O. The maximum atomic E-state index is 12.7. The van der Waals surface area contributed by atoms with Crippen molar-refractivity contribution in [1.82, 2.24) is 29.9 Å². The Balaban J connectivity index is 0.00000155. The molecule has 0 radical (unpaired) electrons. The van der Waals surface area contributed by atoms with Gasteiger partial charge in [0.25, 0.3) is 5.91 Å². The summed E-state index contributed by atoms with van der Waals surface area (Å²) in [6, 6.07) is 4.25. The van der Waals surface area contributed by atoms with Crippen LogP contribution < -0.4 is 5.32 Å². The first-order valence-corrected chi connectivity index (χ1v) is 9.49. The topological polar surface area (TPSA) is 77.6 Å². The fourth-order valence-corrected chi connectivity index (χ4v) is 2.82. The average molecular weight is 443 g/mol. The largest absolute Gasteiger partial charge is 0.435 e. The van der Waals surface area contributed by atoms with Gasteiger partial charge in [0.15, 0.2) is 5.69 Å². The van der Waals surface area contributed by atoms with Crippen molar-refractivity contribution >= 4 is 17.5 Å². The normalized spacial score (nSPS) is 11.1. The van der Waals surface area contributed by atoms with E-state index < -0.39 is 17.8 Å². The number of carbonyl (C=O) groups is 1. The summed E-state index contributed by atoms with van der Waals surface area (Å²) in [6.45, 7) is 5.89. The van der Waals surface area contributed by atoms with Crippen LogP contribution in [0, 0.1) is 6.92 Å². The number of amides is 1. The zero-order chi connectivity index (χ0) is 22.6. The number of nitrogens with zero attached hydrogens (tertiary/aromatic N) is 5. The van der Waals surface area contributed by atoms with Crippen molar-refractivity contribution in [2.45, 2.75) is 33.5 Å². The second kappa shape index (κ2) is 9.29. The molecule has 11 heteroatoms. The molecule has 3 rings (SSSR count). The van der Waals surface area contributed by atoms with Crippen LogP contribution in [0.25, 0.3) is 11.3 Å². The minimum absolute atomic E-state index is 0.0660. The summed E-state index contributed by atoms with van der Waals surface area (Å²) in [4.78, 5) is 16.4. The molecule has 1 amide bonds. The molecule has 0 aliphatic heterocycles. The van der Waals surface area contributed by atoms with E-state index >= 15 is 0 Å². The number of halogens is 4. The SMILES string of the molecule is CC.Cc1cc(-c2cc(CNC(=O)c3cc(C(F)(F)F)nn3C)n(C)n2)c(Cl)cn1. The Morgan fingerprint density at radius 2 is 1.80 bits per heavy atom. The quantitative estimate of drug-likeness (QED) is 0.658. The maximum Gasteiger partial charge on any atom is 0.435 e. The summed E-state index contributed by atoms with van der Waals surface area (Å²) < 4.78 is 40.7. The van der Waals surface area contributed by atoms with Crippen LogP contribution >= 0.6 is 11.6 Å². The average Bonchev–Trinajstić information content (AvgIpc) is 3.26. The van der Waals surface area contributed by atoms with Gasteiger partial charge in [-0.25, -0.2) is 0 Å². The Hall–Kier alpha value is -2.88. The van der Waals surface area contributed by atoms with Crippen LogP contribution in [-0.4, -0.2) is 30.5 Å². The molecule has 0 aromatic carbocycles. The third-order valence-corrected chi connectivity index (χ3v) is 4.38. The number of nitrogens with one attached hydrogen (secondary N) is 1. The van der Waals surface area contributed by atoms with Crippen molar-refractivity contribution < 1.29 is 18.0 Å². The number of aromatic nitrogens is 5. The molecule has 0 aliphatic rings. The second-order valence-electron chi connectivity index (χ2n) is 6.17. The summed E-state index contributed by atoms with van der Waals surface area (Å²) in [5.41, 5.74) is 1.41. The molecule has 30 heavy (non-hydrogen) atoms. The van der Waals surface area contributed by atoms with E-state index in [9.17, 15) is 18.0 Å². The lowest BCUT2D eigenvalue weighted by Crippen LogP contribution is -2.26. The highest BCUT2D eigenvalue weighted by Crippen LogP contribution is 2.29. The number of carbonyl (C=O) groups excluding carboxylic acids is 1. The smallest absolute Gasteiger partial charge is 0.345 e. The van der Waals surface area contributed by atoms with Crippen LogP contribution in [0.5, 0.6) is 0 Å². The van der Waals surface area contributed by atoms with Gasteiger partial charge in [-0.1, -0.05) is 25.4 Å². The number of alkyl halides is 3. The third-order valence-electron chi connectivity index (χ3n) is 4.08. The van der Waals surface area contributed by atoms with Crippen molar-refractivity contribution in [2.24, 2.45) is 14.1 Å². The van der Waals surface area contributed by atoms with Crippen LogP contribution in [0.2, 0.25) is 5.02 Å². The van der Waals surface area contributed by atoms with E-state index in [1.54, 1.807) is 23.9 Å². The van der Waals surface area contributed by atoms with Crippen molar-refractivity contribution in [1.29, 1.82) is 0 Å². The second-order valence-corrected chi connectivity index (χ2v) is 6.58. The summed E-state index contributed by atoms with van der Waals surface area (Å²) in [5, 5.41) is 10.7. The van der Waals surface area contributed by atoms with Crippen molar-refractivity contribution in [3.8, 4) is 11.3 Å². The molecule has 0 atom stereocenters. The minimum atomic E-state index is -4.62. The lowest BCUT2D eigenvalue weighted by atomic mass is 10.1. The van der Waals surface area contributed by atoms with Crippen LogP contribution in [-0.2, 0) is 26.8 Å². The van der Waals surface area contributed by atoms with Gasteiger partial charge in [-0.15, -0.1) is 0 Å². The number of hydrogen-bond donors (Lipinski definition) is 1. The molecule has 162 valence electrons. The van der Waals surface area contributed by atoms with E-state index in [0.717, 1.165) is 10.4 Å². The predicted molar refractivity (Wildman–Crippen MR) is 107 cm³/mol. The fourth-order valence-electron chi connectivity index (χ4n) is 2.62. The van der Waals surface area contributed by atoms with Gasteiger partial charge in [0, 0.05) is 37.6 Å². The van der Waals surface area contributed by atoms with E-state index in [0.29, 0.717) is 28.0 Å². The molecular weight excluding hydrogens is 421 g/mol. The highest BCUT2D eigenvalue weighted by atomic mass is 35.5. The molecule has 3 heterocycles. The maximum absolute atomic E-state index is 12.7. The standard InChI is InChI=1S/C17H16ClF3N6O.C2H6/c1-9-4-11(12(18)8-22-9)13-5-10(26(2)24-13)7-23-16(28)14-6-15(17(19,20)21)25-27(14)3;1-2/h4-6,8H,7H2,1-3H3,(H,23,28);1-2H3. The van der Waals surface area contributed by atoms with Crippen molar-refractivity contribution in [2.75, 3.05) is 0 Å². The Morgan fingerprint density at radius 1 is 1.13 bits per heavy atom. The van der Waals surface area contributed by atoms with Crippen LogP contribution in [0.15, 0.2) is 24.4 Å². The molecule has 0 bridgehead atoms. The summed E-state index contributed by atoms with van der Waals surface area (Å²) >= 11 is 6.17. The Bertz CT molecular complexity index is 1040. The van der Waals surface area contributed by atoms with Crippen molar-refractivity contribution in [3.63, 3.8) is 0 Å². The van der Waals surface area contributed by atoms with Gasteiger partial charge in [-0.2, -0.15) is 23.4 Å². The summed E-state index contributed by atoms with van der Waals surface area (Å²) in [6.07, 6.45) is -3.09. The molecule has 7 nitrogen and oxygen atoms in total. The van der Waals surface area contributed by atoms with E-state index in [4.69, 9.17) is 11.6 Å². The summed E-state index contributed by atoms with van der Waals surface area (Å²) in [7, 11) is 2.97. The Kier molecular flexibility index (Phi) is 7.25. The van der Waals surface area contributed by atoms with Gasteiger partial charge in [0.2, 0.25) is 0 Å². The Labute approximate surface area is 176 Å². The van der Waals surface area contributed by atoms with Gasteiger partial charge >= 0.3 is 6.18 Å². The first kappa shape index (κ1) is 23.4. The zero-order valence-corrected chi connectivity index (χ0v) is 17.9. The van der Waals surface area contributed by atoms with Crippen LogP contribution in [0.4, 0.5) is 13.2 Å². The molecule has 0 fully saturated rings. The van der Waals surface area contributed by atoms with E-state index in [1.165, 1.54) is 13.2 Å². The monoisotopic (exact) mass is 442 g/mol. The molecule has 0 unspecified atom stereocenters. The molecule has 3 aromatic heterocycles. The third kappa shape index (κ3) is 5.18. The van der Waals surface area contributed by atoms with Gasteiger partial charge in [-0.05, 0) is 19.1 Å². The van der Waals surface area contributed by atoms with E-state index in [1.807, 2.05) is 20.8 Å². The molecule has 0 aliphatic carbocycles. The van der Waals surface area contributed by atoms with Crippen LogP contribution in [0.1, 0.15) is 41.4 Å². The van der Waals surface area contributed by atoms with Gasteiger partial charge in [0.1, 0.15) is 5.69 Å². The highest BCUT2D eigenvalue weighted by Gasteiger charge is 2.35. The summed E-state index contributed by atoms with van der Waals surface area (Å²) in [5.74, 6) is -0.675. The Morgan fingerprint density at radius 3 is 2.40 bits per heavy atom. The fraction of sp³-hybridized carbons (Fsp3) is 0.368. The zero-order valence-electron chi connectivity index (χ0n) is 17.2. The van der Waals surface area contributed by atoms with Gasteiger partial charge in [-0.3, -0.25) is 19.1 Å². The first-order valence-electron chi connectivity index (χ1n) is 9.11. The first-order chi connectivity index (χ1) is 14.1. The van der Waals surface area contributed by atoms with E-state index in [2.05, 4.69) is 20.5 Å². The lowest BCUT2D eigenvalue weighted by molar-refractivity contribution is -0.141. The van der Waals surface area contributed by atoms with E-state index in [-0.39, 0.29) is 12.2 Å². The van der Waals surface area contributed by atoms with Gasteiger partial charge in [0.05, 0.1) is 23.0 Å².